The maximum Gasteiger partial charge on any atom is 0.573 e. The van der Waals surface area contributed by atoms with E-state index in [1.807, 2.05) is 0 Å². The van der Waals surface area contributed by atoms with Crippen LogP contribution < -0.4 is 4.74 Å². The minimum Gasteiger partial charge on any atom is -0.506 e. The van der Waals surface area contributed by atoms with Gasteiger partial charge in [0.25, 0.3) is 0 Å². The second kappa shape index (κ2) is 4.42. The number of Topliss-reactive ketones (excluding diaryl/α,β-unsaturated/α-hetero) is 1. The van der Waals surface area contributed by atoms with Crippen LogP contribution in [0.5, 0.6) is 11.5 Å². The number of aromatic nitrogens is 1. The summed E-state index contributed by atoms with van der Waals surface area (Å²) in [5, 5.41) is 9.80. The number of alkyl halides is 3. The normalized spacial score (nSPS) is 11.6. The minimum atomic E-state index is -4.79. The number of benzene rings is 1. The number of pyridine rings is 1. The fourth-order valence-electron chi connectivity index (χ4n) is 1.60. The zero-order chi connectivity index (χ0) is 14.2. The standard InChI is InChI=1S/C12H8F3NO3/c1-6(17)11-10(18)5-7-4-8(19-12(13,14)15)2-3-9(7)16-11/h2-5,18H,1H3. The Morgan fingerprint density at radius 3 is 2.58 bits per heavy atom. The summed E-state index contributed by atoms with van der Waals surface area (Å²) < 4.78 is 39.9. The molecule has 100 valence electrons. The predicted octanol–water partition coefficient (Wildman–Crippen LogP) is 3.04. The van der Waals surface area contributed by atoms with Crippen molar-refractivity contribution in [2.75, 3.05) is 0 Å². The van der Waals surface area contributed by atoms with Crippen LogP contribution in [0.1, 0.15) is 17.4 Å². The van der Waals surface area contributed by atoms with Crippen LogP contribution >= 0.6 is 0 Å². The molecule has 1 heterocycles. The van der Waals surface area contributed by atoms with Crippen molar-refractivity contribution < 1.29 is 27.8 Å². The van der Waals surface area contributed by atoms with Gasteiger partial charge in [0.1, 0.15) is 17.2 Å². The highest BCUT2D eigenvalue weighted by molar-refractivity contribution is 5.97. The zero-order valence-electron chi connectivity index (χ0n) is 9.65. The summed E-state index contributed by atoms with van der Waals surface area (Å²) in [7, 11) is 0. The van der Waals surface area contributed by atoms with Gasteiger partial charge in [0.05, 0.1) is 5.52 Å². The quantitative estimate of drug-likeness (QED) is 0.853. The molecule has 1 aromatic carbocycles. The van der Waals surface area contributed by atoms with E-state index in [0.29, 0.717) is 0 Å². The lowest BCUT2D eigenvalue weighted by atomic mass is 10.1. The van der Waals surface area contributed by atoms with E-state index in [9.17, 15) is 23.1 Å². The molecule has 0 spiro atoms. The molecule has 0 aliphatic heterocycles. The van der Waals surface area contributed by atoms with Gasteiger partial charge in [-0.1, -0.05) is 0 Å². The fourth-order valence-corrected chi connectivity index (χ4v) is 1.60. The lowest BCUT2D eigenvalue weighted by molar-refractivity contribution is -0.274. The van der Waals surface area contributed by atoms with Crippen molar-refractivity contribution in [3.05, 3.63) is 30.0 Å². The summed E-state index contributed by atoms with van der Waals surface area (Å²) in [4.78, 5) is 15.0. The molecule has 4 nitrogen and oxygen atoms in total. The SMILES string of the molecule is CC(=O)c1nc2ccc(OC(F)(F)F)cc2cc1O. The molecule has 0 amide bonds. The number of ether oxygens (including phenoxy) is 1. The third-order valence-electron chi connectivity index (χ3n) is 2.33. The Kier molecular flexibility index (Phi) is 3.05. The molecule has 0 aliphatic rings. The van der Waals surface area contributed by atoms with Gasteiger partial charge >= 0.3 is 6.36 Å². The fraction of sp³-hybridized carbons (Fsp3) is 0.167. The number of aromatic hydroxyl groups is 1. The van der Waals surface area contributed by atoms with Crippen molar-refractivity contribution in [3.63, 3.8) is 0 Å². The van der Waals surface area contributed by atoms with Gasteiger partial charge in [0.2, 0.25) is 0 Å². The molecule has 0 bridgehead atoms. The lowest BCUT2D eigenvalue weighted by Crippen LogP contribution is -2.17. The number of hydrogen-bond acceptors (Lipinski definition) is 4. The highest BCUT2D eigenvalue weighted by Gasteiger charge is 2.31. The highest BCUT2D eigenvalue weighted by Crippen LogP contribution is 2.28. The van der Waals surface area contributed by atoms with Gasteiger partial charge in [0, 0.05) is 12.3 Å². The molecule has 0 unspecified atom stereocenters. The van der Waals surface area contributed by atoms with Gasteiger partial charge in [-0.2, -0.15) is 0 Å². The van der Waals surface area contributed by atoms with E-state index in [2.05, 4.69) is 9.72 Å². The minimum absolute atomic E-state index is 0.128. The second-order valence-electron chi connectivity index (χ2n) is 3.81. The summed E-state index contributed by atoms with van der Waals surface area (Å²) in [6, 6.07) is 4.62. The molecular formula is C12H8F3NO3. The van der Waals surface area contributed by atoms with Crippen molar-refractivity contribution in [1.29, 1.82) is 0 Å². The Hall–Kier alpha value is -2.31. The summed E-state index contributed by atoms with van der Waals surface area (Å²) >= 11 is 0. The van der Waals surface area contributed by atoms with Crippen LogP contribution in [0.25, 0.3) is 10.9 Å². The molecule has 1 N–H and O–H groups in total. The average Bonchev–Trinajstić information content (AvgIpc) is 2.25. The first-order chi connectivity index (χ1) is 8.76. The lowest BCUT2D eigenvalue weighted by Gasteiger charge is -2.09. The molecule has 0 atom stereocenters. The largest absolute Gasteiger partial charge is 0.573 e. The first kappa shape index (κ1) is 13.1. The van der Waals surface area contributed by atoms with Gasteiger partial charge < -0.3 is 9.84 Å². The van der Waals surface area contributed by atoms with Crippen molar-refractivity contribution >= 4 is 16.7 Å². The Morgan fingerprint density at radius 2 is 2.00 bits per heavy atom. The smallest absolute Gasteiger partial charge is 0.506 e. The molecule has 2 rings (SSSR count). The maximum atomic E-state index is 12.1. The van der Waals surface area contributed by atoms with E-state index in [-0.39, 0.29) is 22.3 Å². The second-order valence-corrected chi connectivity index (χ2v) is 3.81. The molecule has 7 heteroatoms. The number of carbonyl (C=O) groups is 1. The molecule has 0 saturated heterocycles. The van der Waals surface area contributed by atoms with E-state index in [1.54, 1.807) is 0 Å². The number of hydrogen-bond donors (Lipinski definition) is 1. The topological polar surface area (TPSA) is 59.4 Å². The van der Waals surface area contributed by atoms with Crippen LogP contribution in [0, 0.1) is 0 Å². The van der Waals surface area contributed by atoms with Gasteiger partial charge in [0.15, 0.2) is 5.78 Å². The summed E-state index contributed by atoms with van der Waals surface area (Å²) in [5.41, 5.74) is 0.162. The van der Waals surface area contributed by atoms with Crippen molar-refractivity contribution in [2.45, 2.75) is 13.3 Å². The number of carbonyl (C=O) groups excluding carboxylic acids is 1. The van der Waals surface area contributed by atoms with E-state index < -0.39 is 17.9 Å². The third kappa shape index (κ3) is 2.93. The van der Waals surface area contributed by atoms with Crippen molar-refractivity contribution in [2.24, 2.45) is 0 Å². The van der Waals surface area contributed by atoms with Crippen LogP contribution in [-0.2, 0) is 0 Å². The van der Waals surface area contributed by atoms with E-state index in [1.165, 1.54) is 19.1 Å². The Morgan fingerprint density at radius 1 is 1.32 bits per heavy atom. The Bertz CT molecular complexity index is 652. The van der Waals surface area contributed by atoms with E-state index in [0.717, 1.165) is 12.1 Å². The molecule has 0 saturated carbocycles. The molecular weight excluding hydrogens is 263 g/mol. The zero-order valence-corrected chi connectivity index (χ0v) is 9.65. The predicted molar refractivity (Wildman–Crippen MR) is 60.1 cm³/mol. The van der Waals surface area contributed by atoms with Gasteiger partial charge in [-0.3, -0.25) is 4.79 Å². The van der Waals surface area contributed by atoms with Gasteiger partial charge in [-0.25, -0.2) is 4.98 Å². The number of ketones is 1. The van der Waals surface area contributed by atoms with Gasteiger partial charge in [-0.15, -0.1) is 13.2 Å². The molecule has 0 fully saturated rings. The molecule has 2 aromatic rings. The average molecular weight is 271 g/mol. The monoisotopic (exact) mass is 271 g/mol. The maximum absolute atomic E-state index is 12.1. The molecule has 0 radical (unpaired) electrons. The summed E-state index contributed by atoms with van der Waals surface area (Å²) in [6.07, 6.45) is -4.79. The number of rotatable bonds is 2. The first-order valence-electron chi connectivity index (χ1n) is 5.17. The summed E-state index contributed by atoms with van der Waals surface area (Å²) in [5.74, 6) is -1.24. The highest BCUT2D eigenvalue weighted by atomic mass is 19.4. The van der Waals surface area contributed by atoms with E-state index in [4.69, 9.17) is 0 Å². The van der Waals surface area contributed by atoms with E-state index >= 15 is 0 Å². The Labute approximate surface area is 105 Å². The number of nitrogens with zero attached hydrogens (tertiary/aromatic N) is 1. The first-order valence-corrected chi connectivity index (χ1v) is 5.17. The summed E-state index contributed by atoms with van der Waals surface area (Å²) in [6.45, 7) is 1.23. The molecule has 1 aromatic heterocycles. The third-order valence-corrected chi connectivity index (χ3v) is 2.33. The van der Waals surface area contributed by atoms with Crippen LogP contribution in [0.3, 0.4) is 0 Å². The van der Waals surface area contributed by atoms with Gasteiger partial charge in [-0.05, 0) is 24.3 Å². The molecule has 19 heavy (non-hydrogen) atoms. The van der Waals surface area contributed by atoms with Crippen LogP contribution in [0.4, 0.5) is 13.2 Å². The molecule has 0 aliphatic carbocycles. The van der Waals surface area contributed by atoms with Crippen LogP contribution in [0.15, 0.2) is 24.3 Å². The Balaban J connectivity index is 2.50. The van der Waals surface area contributed by atoms with Crippen molar-refractivity contribution in [1.82, 2.24) is 4.98 Å². The number of halogens is 3. The van der Waals surface area contributed by atoms with Crippen LogP contribution in [0.2, 0.25) is 0 Å². The van der Waals surface area contributed by atoms with Crippen LogP contribution in [-0.4, -0.2) is 22.2 Å². The van der Waals surface area contributed by atoms with Crippen molar-refractivity contribution in [3.8, 4) is 11.5 Å². The number of fused-ring (bicyclic) bond motifs is 1.